The first-order valence-corrected chi connectivity index (χ1v) is 20.8. The summed E-state index contributed by atoms with van der Waals surface area (Å²) >= 11 is 0. The van der Waals surface area contributed by atoms with E-state index in [-0.39, 0.29) is 35.3 Å². The topological polar surface area (TPSA) is 9.23 Å². The molecule has 1 heterocycles. The zero-order valence-corrected chi connectivity index (χ0v) is 32.9. The largest absolute Gasteiger partial charge is 0.456 e. The van der Waals surface area contributed by atoms with Crippen molar-refractivity contribution in [3.8, 4) is 101 Å². The molecule has 11 aromatic carbocycles. The average molecular weight is 777 g/mol. The Bertz CT molecular complexity index is 3800. The number of benzene rings is 11. The number of rotatable bonds is 5. The van der Waals surface area contributed by atoms with Crippen LogP contribution in [0.3, 0.4) is 0 Å². The first-order chi connectivity index (χ1) is 31.9. The van der Waals surface area contributed by atoms with E-state index in [1.54, 1.807) is 0 Å². The molecule has 1 aliphatic carbocycles. The van der Waals surface area contributed by atoms with E-state index in [1.807, 2.05) is 54.6 Å². The fourth-order valence-electron chi connectivity index (χ4n) is 10.0. The minimum absolute atomic E-state index is 0.0830. The van der Waals surface area contributed by atoms with Crippen molar-refractivity contribution >= 4 is 32.3 Å². The van der Waals surface area contributed by atoms with Crippen molar-refractivity contribution in [3.63, 3.8) is 0 Å². The second-order valence-corrected chi connectivity index (χ2v) is 16.0. The SMILES string of the molecule is [2H]c1c([2H])c(-c2ccc3c4c(cccc24)-c2ccc(-c4ccccc4)cc2O3)c([2H])c([2H])c1-c1cccc(-c2c3c(c(-c4ccccc4)c4ccccc24)-c2cccc4cccc-3c24)c1. The van der Waals surface area contributed by atoms with Crippen LogP contribution < -0.4 is 4.74 Å². The van der Waals surface area contributed by atoms with E-state index in [2.05, 4.69) is 140 Å². The maximum absolute atomic E-state index is 9.59. The predicted molar refractivity (Wildman–Crippen MR) is 256 cm³/mol. The van der Waals surface area contributed by atoms with Crippen LogP contribution in [0, 0.1) is 0 Å². The molecular formula is C60H36O. The highest BCUT2D eigenvalue weighted by atomic mass is 16.5. The summed E-state index contributed by atoms with van der Waals surface area (Å²) in [6, 6.07) is 66.4. The first kappa shape index (κ1) is 30.1. The van der Waals surface area contributed by atoms with Gasteiger partial charge in [-0.2, -0.15) is 0 Å². The van der Waals surface area contributed by atoms with E-state index in [4.69, 9.17) is 4.74 Å². The molecule has 0 radical (unpaired) electrons. The summed E-state index contributed by atoms with van der Waals surface area (Å²) in [7, 11) is 0. The van der Waals surface area contributed by atoms with Gasteiger partial charge in [0.1, 0.15) is 11.5 Å². The predicted octanol–water partition coefficient (Wildman–Crippen LogP) is 16.9. The molecule has 13 rings (SSSR count). The third-order valence-corrected chi connectivity index (χ3v) is 12.7. The zero-order valence-electron chi connectivity index (χ0n) is 36.9. The molecule has 1 aliphatic heterocycles. The molecule has 1 nitrogen and oxygen atoms in total. The molecule has 11 aromatic rings. The Balaban J connectivity index is 0.980. The molecule has 1 heteroatoms. The Labute approximate surface area is 360 Å². The van der Waals surface area contributed by atoms with Crippen molar-refractivity contribution in [3.05, 3.63) is 218 Å². The molecule has 2 aliphatic rings. The third-order valence-electron chi connectivity index (χ3n) is 12.7. The van der Waals surface area contributed by atoms with Gasteiger partial charge in [-0.15, -0.1) is 0 Å². The summed E-state index contributed by atoms with van der Waals surface area (Å²) < 4.78 is 44.9. The van der Waals surface area contributed by atoms with Crippen molar-refractivity contribution in [1.82, 2.24) is 0 Å². The number of hydrogen-bond donors (Lipinski definition) is 0. The van der Waals surface area contributed by atoms with Crippen LogP contribution in [0.4, 0.5) is 0 Å². The highest BCUT2D eigenvalue weighted by Crippen LogP contribution is 2.58. The Morgan fingerprint density at radius 3 is 1.56 bits per heavy atom. The Kier molecular flexibility index (Phi) is 6.54. The summed E-state index contributed by atoms with van der Waals surface area (Å²) in [5, 5.41) is 6.36. The second-order valence-electron chi connectivity index (χ2n) is 16.0. The maximum Gasteiger partial charge on any atom is 0.135 e. The van der Waals surface area contributed by atoms with Crippen molar-refractivity contribution in [2.75, 3.05) is 0 Å². The van der Waals surface area contributed by atoms with Gasteiger partial charge >= 0.3 is 0 Å². The van der Waals surface area contributed by atoms with Crippen molar-refractivity contribution in [1.29, 1.82) is 0 Å². The molecule has 0 saturated carbocycles. The Hall–Kier alpha value is -8.00. The lowest BCUT2D eigenvalue weighted by atomic mass is 9.82. The monoisotopic (exact) mass is 776 g/mol. The fourth-order valence-corrected chi connectivity index (χ4v) is 10.0. The van der Waals surface area contributed by atoms with Crippen LogP contribution in [0.2, 0.25) is 0 Å². The summed E-state index contributed by atoms with van der Waals surface area (Å²) in [5.41, 5.74) is 15.0. The molecule has 0 atom stereocenters. The smallest absolute Gasteiger partial charge is 0.135 e. The molecule has 0 spiro atoms. The summed E-state index contributed by atoms with van der Waals surface area (Å²) in [6.45, 7) is 0. The van der Waals surface area contributed by atoms with Crippen LogP contribution in [0.1, 0.15) is 5.48 Å². The first-order valence-electron chi connectivity index (χ1n) is 22.8. The fraction of sp³-hybridized carbons (Fsp3) is 0. The third kappa shape index (κ3) is 5.14. The number of hydrogen-bond acceptors (Lipinski definition) is 1. The van der Waals surface area contributed by atoms with E-state index in [9.17, 15) is 5.48 Å². The summed E-state index contributed by atoms with van der Waals surface area (Å²) in [5.74, 6) is 1.46. The quantitative estimate of drug-likeness (QED) is 0.169. The molecular weight excluding hydrogens is 737 g/mol. The average Bonchev–Trinajstić information content (AvgIpc) is 3.68. The summed E-state index contributed by atoms with van der Waals surface area (Å²) in [4.78, 5) is 0. The van der Waals surface area contributed by atoms with E-state index in [0.29, 0.717) is 16.9 Å². The van der Waals surface area contributed by atoms with Crippen LogP contribution in [-0.2, 0) is 0 Å². The van der Waals surface area contributed by atoms with Crippen molar-refractivity contribution in [2.24, 2.45) is 0 Å². The van der Waals surface area contributed by atoms with Crippen LogP contribution >= 0.6 is 0 Å². The molecule has 61 heavy (non-hydrogen) atoms. The van der Waals surface area contributed by atoms with E-state index >= 15 is 0 Å². The van der Waals surface area contributed by atoms with E-state index in [0.717, 1.165) is 71.8 Å². The highest BCUT2D eigenvalue weighted by Gasteiger charge is 2.30. The van der Waals surface area contributed by atoms with Crippen molar-refractivity contribution < 1.29 is 10.2 Å². The molecule has 0 amide bonds. The van der Waals surface area contributed by atoms with Gasteiger partial charge in [0.15, 0.2) is 0 Å². The standard InChI is InChI=1S/C60H36O/c1-3-13-37(14-4-1)43-31-32-46-48-24-12-23-47-45(33-34-53(58(47)48)61-54(46)36-43)39-29-27-38(28-30-39)42-19-9-20-44(35-42)57-50-22-8-7-21-49(50)56(41-15-5-2-6-16-41)59-51-25-10-17-40-18-11-26-52(55(40)51)60(57)59/h1-36H/i27D,28D,29D,30D. The van der Waals surface area contributed by atoms with E-state index < -0.39 is 0 Å². The second kappa shape index (κ2) is 13.3. The van der Waals surface area contributed by atoms with Crippen LogP contribution in [-0.4, -0.2) is 0 Å². The van der Waals surface area contributed by atoms with Crippen LogP contribution in [0.25, 0.3) is 121 Å². The van der Waals surface area contributed by atoms with Gasteiger partial charge in [0.05, 0.1) is 5.48 Å². The van der Waals surface area contributed by atoms with Crippen LogP contribution in [0.5, 0.6) is 11.5 Å². The molecule has 0 N–H and O–H groups in total. The van der Waals surface area contributed by atoms with Gasteiger partial charge in [-0.1, -0.05) is 194 Å². The lowest BCUT2D eigenvalue weighted by molar-refractivity contribution is 0.487. The normalized spacial score (nSPS) is 13.0. The van der Waals surface area contributed by atoms with Gasteiger partial charge in [-0.05, 0) is 135 Å². The van der Waals surface area contributed by atoms with Crippen LogP contribution in [0.15, 0.2) is 218 Å². The van der Waals surface area contributed by atoms with Crippen molar-refractivity contribution in [2.45, 2.75) is 0 Å². The molecule has 0 fully saturated rings. The van der Waals surface area contributed by atoms with Gasteiger partial charge in [0, 0.05) is 10.9 Å². The van der Waals surface area contributed by atoms with Gasteiger partial charge in [0.2, 0.25) is 0 Å². The minimum Gasteiger partial charge on any atom is -0.456 e. The molecule has 282 valence electrons. The van der Waals surface area contributed by atoms with Gasteiger partial charge in [-0.25, -0.2) is 0 Å². The number of ether oxygens (including phenoxy) is 1. The van der Waals surface area contributed by atoms with E-state index in [1.165, 1.54) is 33.0 Å². The molecule has 0 unspecified atom stereocenters. The lowest BCUT2D eigenvalue weighted by Gasteiger charge is -2.23. The van der Waals surface area contributed by atoms with Gasteiger partial charge in [0.25, 0.3) is 0 Å². The highest BCUT2D eigenvalue weighted by molar-refractivity contribution is 6.27. The minimum atomic E-state index is -0.0857. The van der Waals surface area contributed by atoms with Gasteiger partial charge < -0.3 is 4.74 Å². The molecule has 0 saturated heterocycles. The molecule has 0 aromatic heterocycles. The zero-order chi connectivity index (χ0) is 43.5. The number of fused-ring (bicyclic) bond motifs is 6. The Morgan fingerprint density at radius 1 is 0.279 bits per heavy atom. The lowest BCUT2D eigenvalue weighted by Crippen LogP contribution is -1.98. The Morgan fingerprint density at radius 2 is 0.820 bits per heavy atom. The maximum atomic E-state index is 9.59. The summed E-state index contributed by atoms with van der Waals surface area (Å²) in [6.07, 6.45) is 0. The van der Waals surface area contributed by atoms with Gasteiger partial charge in [-0.3, -0.25) is 0 Å². The molecule has 0 bridgehead atoms.